The molecule has 0 spiro atoms. The molecule has 1 aromatic heterocycles. The average Bonchev–Trinajstić information content (AvgIpc) is 3.35. The molecule has 5 nitrogen and oxygen atoms in total. The minimum absolute atomic E-state index is 0.151. The number of halogens is 8. The van der Waals surface area contributed by atoms with Gasteiger partial charge in [-0.05, 0) is 48.4 Å². The van der Waals surface area contributed by atoms with Crippen LogP contribution in [-0.2, 0) is 20.3 Å². The summed E-state index contributed by atoms with van der Waals surface area (Å²) in [6.45, 7) is -0.687. The Morgan fingerprint density at radius 3 is 1.87 bits per heavy atom. The van der Waals surface area contributed by atoms with Crippen molar-refractivity contribution in [3.8, 4) is 0 Å². The van der Waals surface area contributed by atoms with Crippen LogP contribution in [0, 0.1) is 5.82 Å². The summed E-state index contributed by atoms with van der Waals surface area (Å²) in [6.07, 6.45) is -10.4. The number of hydrogen-bond donors (Lipinski definition) is 0. The summed E-state index contributed by atoms with van der Waals surface area (Å²) in [5.41, 5.74) is -7.61. The van der Waals surface area contributed by atoms with E-state index in [9.17, 15) is 48.3 Å². The van der Waals surface area contributed by atoms with E-state index in [0.29, 0.717) is 12.1 Å². The highest BCUT2D eigenvalue weighted by Gasteiger charge is 2.73. The van der Waals surface area contributed by atoms with E-state index in [1.807, 2.05) is 0 Å². The number of likely N-dealkylation sites (tertiary alicyclic amines) is 1. The molecule has 1 atom stereocenters. The zero-order valence-electron chi connectivity index (χ0n) is 19.6. The molecule has 0 aliphatic carbocycles. The number of aromatic nitrogens is 1. The maximum Gasteiger partial charge on any atom is 0.435 e. The Labute approximate surface area is 217 Å². The Morgan fingerprint density at radius 1 is 0.821 bits per heavy atom. The summed E-state index contributed by atoms with van der Waals surface area (Å²) in [6, 6.07) is 8.18. The third-order valence-electron chi connectivity index (χ3n) is 6.67. The lowest BCUT2D eigenvalue weighted by atomic mass is 9.90. The van der Waals surface area contributed by atoms with Gasteiger partial charge in [0.25, 0.3) is 5.91 Å². The van der Waals surface area contributed by atoms with Crippen molar-refractivity contribution in [1.29, 1.82) is 0 Å². The number of carbonyl (C=O) groups excluding carboxylic acids is 1. The van der Waals surface area contributed by atoms with Gasteiger partial charge in [0.2, 0.25) is 0 Å². The van der Waals surface area contributed by atoms with Gasteiger partial charge in [0, 0.05) is 36.6 Å². The standard InChI is InChI=1S/C25H18F8N2O3S/c26-19-5-7-20(8-6-19)39(37,38)22(11-14-35(15-22)21(36)16-9-12-34-13-10-16)17-1-3-18(4-2-17)23(27,24(28,29)30)25(31,32)33/h1-10,12-13H,11,14-15H2/t22-/m0/s1. The summed E-state index contributed by atoms with van der Waals surface area (Å²) in [4.78, 5) is 17.6. The first-order chi connectivity index (χ1) is 18.0. The first-order valence-electron chi connectivity index (χ1n) is 11.2. The molecule has 2 aromatic carbocycles. The molecule has 1 saturated heterocycles. The van der Waals surface area contributed by atoms with Crippen LogP contribution >= 0.6 is 0 Å². The molecule has 3 aromatic rings. The number of pyridine rings is 1. The van der Waals surface area contributed by atoms with Gasteiger partial charge in [-0.1, -0.05) is 24.3 Å². The molecule has 2 heterocycles. The first-order valence-corrected chi connectivity index (χ1v) is 12.7. The Balaban J connectivity index is 1.84. The zero-order valence-corrected chi connectivity index (χ0v) is 20.4. The van der Waals surface area contributed by atoms with Crippen LogP contribution in [-0.4, -0.2) is 49.7 Å². The lowest BCUT2D eigenvalue weighted by Gasteiger charge is -2.32. The Morgan fingerprint density at radius 2 is 1.36 bits per heavy atom. The summed E-state index contributed by atoms with van der Waals surface area (Å²) in [7, 11) is -4.53. The third kappa shape index (κ3) is 4.64. The van der Waals surface area contributed by atoms with Crippen LogP contribution < -0.4 is 0 Å². The SMILES string of the molecule is O=C(c1ccncc1)N1CC[C@](c2ccc(C(F)(C(F)(F)F)C(F)(F)F)cc2)(S(=O)(=O)c2ccc(F)cc2)C1. The number of benzene rings is 2. The van der Waals surface area contributed by atoms with Crippen LogP contribution in [0.4, 0.5) is 35.1 Å². The van der Waals surface area contributed by atoms with Crippen molar-refractivity contribution >= 4 is 15.7 Å². The number of amides is 1. The van der Waals surface area contributed by atoms with Crippen LogP contribution in [0.1, 0.15) is 27.9 Å². The van der Waals surface area contributed by atoms with E-state index in [1.54, 1.807) is 0 Å². The molecular weight excluding hydrogens is 560 g/mol. The van der Waals surface area contributed by atoms with Crippen LogP contribution in [0.3, 0.4) is 0 Å². The molecule has 0 N–H and O–H groups in total. The van der Waals surface area contributed by atoms with Gasteiger partial charge in [0.1, 0.15) is 10.6 Å². The smallest absolute Gasteiger partial charge is 0.337 e. The van der Waals surface area contributed by atoms with Gasteiger partial charge in [-0.15, -0.1) is 0 Å². The van der Waals surface area contributed by atoms with Gasteiger partial charge < -0.3 is 4.90 Å². The van der Waals surface area contributed by atoms with Crippen LogP contribution in [0.2, 0.25) is 0 Å². The van der Waals surface area contributed by atoms with Crippen molar-refractivity contribution in [2.75, 3.05) is 13.1 Å². The van der Waals surface area contributed by atoms with Crippen LogP contribution in [0.5, 0.6) is 0 Å². The van der Waals surface area contributed by atoms with Gasteiger partial charge in [-0.3, -0.25) is 9.78 Å². The molecule has 4 rings (SSSR count). The molecule has 1 aliphatic rings. The highest BCUT2D eigenvalue weighted by atomic mass is 32.2. The fraction of sp³-hybridized carbons (Fsp3) is 0.280. The first kappa shape index (κ1) is 28.5. The Bertz CT molecular complexity index is 1440. The zero-order chi connectivity index (χ0) is 28.9. The predicted molar refractivity (Wildman–Crippen MR) is 121 cm³/mol. The summed E-state index contributed by atoms with van der Waals surface area (Å²) in [5.74, 6) is -1.35. The maximum absolute atomic E-state index is 14.6. The normalized spacial score (nSPS) is 18.8. The number of hydrogen-bond acceptors (Lipinski definition) is 4. The van der Waals surface area contributed by atoms with Crippen molar-refractivity contribution in [3.63, 3.8) is 0 Å². The van der Waals surface area contributed by atoms with Gasteiger partial charge >= 0.3 is 18.0 Å². The molecule has 14 heteroatoms. The molecule has 1 amide bonds. The van der Waals surface area contributed by atoms with Gasteiger partial charge in [0.05, 0.1) is 4.90 Å². The van der Waals surface area contributed by atoms with E-state index in [4.69, 9.17) is 0 Å². The maximum atomic E-state index is 14.6. The number of alkyl halides is 7. The lowest BCUT2D eigenvalue weighted by molar-refractivity contribution is -0.348. The van der Waals surface area contributed by atoms with E-state index < -0.39 is 61.3 Å². The van der Waals surface area contributed by atoms with E-state index in [2.05, 4.69) is 4.98 Å². The minimum Gasteiger partial charge on any atom is -0.337 e. The minimum atomic E-state index is -6.36. The van der Waals surface area contributed by atoms with E-state index in [0.717, 1.165) is 29.2 Å². The average molecular weight is 578 g/mol. The van der Waals surface area contributed by atoms with Crippen molar-refractivity contribution in [2.45, 2.75) is 34.1 Å². The molecule has 1 fully saturated rings. The molecule has 39 heavy (non-hydrogen) atoms. The van der Waals surface area contributed by atoms with Crippen molar-refractivity contribution in [1.82, 2.24) is 9.88 Å². The molecule has 0 bridgehead atoms. The largest absolute Gasteiger partial charge is 0.435 e. The van der Waals surface area contributed by atoms with Crippen molar-refractivity contribution in [2.24, 2.45) is 0 Å². The predicted octanol–water partition coefficient (Wildman–Crippen LogP) is 5.73. The molecular formula is C25H18F8N2O3S. The topological polar surface area (TPSA) is 67.3 Å². The molecule has 208 valence electrons. The number of sulfone groups is 1. The van der Waals surface area contributed by atoms with Gasteiger partial charge in [0.15, 0.2) is 9.84 Å². The molecule has 0 radical (unpaired) electrons. The van der Waals surface area contributed by atoms with E-state index >= 15 is 0 Å². The number of carbonyl (C=O) groups is 1. The number of nitrogens with zero attached hydrogens (tertiary/aromatic N) is 2. The van der Waals surface area contributed by atoms with Gasteiger partial charge in [-0.25, -0.2) is 17.2 Å². The molecule has 1 aliphatic heterocycles. The Hall–Kier alpha value is -3.55. The van der Waals surface area contributed by atoms with Crippen LogP contribution in [0.25, 0.3) is 0 Å². The van der Waals surface area contributed by atoms with Crippen LogP contribution in [0.15, 0.2) is 78.0 Å². The van der Waals surface area contributed by atoms with E-state index in [1.165, 1.54) is 24.5 Å². The molecule has 0 unspecified atom stereocenters. The quantitative estimate of drug-likeness (QED) is 0.287. The third-order valence-corrected chi connectivity index (χ3v) is 9.17. The monoisotopic (exact) mass is 578 g/mol. The number of rotatable bonds is 5. The van der Waals surface area contributed by atoms with Crippen molar-refractivity contribution in [3.05, 3.63) is 95.6 Å². The highest BCUT2D eigenvalue weighted by Crippen LogP contribution is 2.53. The second-order valence-corrected chi connectivity index (χ2v) is 11.2. The van der Waals surface area contributed by atoms with Crippen molar-refractivity contribution < 1.29 is 48.3 Å². The highest BCUT2D eigenvalue weighted by molar-refractivity contribution is 7.92. The summed E-state index contributed by atoms with van der Waals surface area (Å²) < 4.78 is 133. The lowest BCUT2D eigenvalue weighted by Crippen LogP contribution is -2.50. The van der Waals surface area contributed by atoms with Gasteiger partial charge in [-0.2, -0.15) is 26.3 Å². The summed E-state index contributed by atoms with van der Waals surface area (Å²) in [5, 5.41) is 0. The Kier molecular flexibility index (Phi) is 6.99. The second-order valence-electron chi connectivity index (χ2n) is 8.90. The fourth-order valence-corrected chi connectivity index (χ4v) is 6.65. The van der Waals surface area contributed by atoms with E-state index in [-0.39, 0.29) is 36.2 Å². The molecule has 0 saturated carbocycles. The summed E-state index contributed by atoms with van der Waals surface area (Å²) >= 11 is 0. The second kappa shape index (κ2) is 9.57. The fourth-order valence-electron chi connectivity index (χ4n) is 4.57.